The number of carbonyl (C=O) groups excluding carboxylic acids is 2. The molecule has 0 fully saturated rings. The van der Waals surface area contributed by atoms with Crippen molar-refractivity contribution in [2.45, 2.75) is 26.4 Å². The Kier molecular flexibility index (Phi) is 5.35. The third-order valence-electron chi connectivity index (χ3n) is 4.33. The Morgan fingerprint density at radius 1 is 1.19 bits per heavy atom. The Bertz CT molecular complexity index is 921. The minimum atomic E-state index is -0.628. The number of carbonyl (C=O) groups is 2. The number of amides is 1. The smallest absolute Gasteiger partial charge is 0.290 e. The highest BCUT2D eigenvalue weighted by molar-refractivity contribution is 6.35. The van der Waals surface area contributed by atoms with Gasteiger partial charge in [0.05, 0.1) is 6.42 Å². The van der Waals surface area contributed by atoms with E-state index in [2.05, 4.69) is 5.32 Å². The summed E-state index contributed by atoms with van der Waals surface area (Å²) >= 11 is 12.1. The highest BCUT2D eigenvalue weighted by Gasteiger charge is 2.28. The van der Waals surface area contributed by atoms with Crippen LogP contribution in [-0.4, -0.2) is 11.7 Å². The minimum absolute atomic E-state index is 0.0295. The highest BCUT2D eigenvalue weighted by Crippen LogP contribution is 2.34. The number of ketones is 1. The number of allylic oxidation sites excluding steroid dienone is 1. The van der Waals surface area contributed by atoms with Gasteiger partial charge in [-0.15, -0.1) is 0 Å². The molecule has 0 saturated heterocycles. The summed E-state index contributed by atoms with van der Waals surface area (Å²) in [5.74, 6) is -0.696. The molecule has 134 valence electrons. The molecule has 1 heterocycles. The van der Waals surface area contributed by atoms with Crippen molar-refractivity contribution in [3.63, 3.8) is 0 Å². The molecular formula is C20H17Cl2NO3. The molecule has 1 amide bonds. The molecule has 0 aromatic heterocycles. The van der Waals surface area contributed by atoms with Gasteiger partial charge in [0.25, 0.3) is 5.91 Å². The standard InChI is InChI=1S/C20H17Cl2NO3/c1-11-4-3-5-17(12(11)2)23-20(25)19-10-14(24)9-18(26-19)15-7-6-13(21)8-16(15)22/h3-8,10,18H,9H2,1-2H3,(H,23,25). The maximum Gasteiger partial charge on any atom is 0.290 e. The fraction of sp³-hybridized carbons (Fsp3) is 0.200. The zero-order chi connectivity index (χ0) is 18.8. The lowest BCUT2D eigenvalue weighted by Crippen LogP contribution is -2.24. The summed E-state index contributed by atoms with van der Waals surface area (Å²) in [6.07, 6.45) is 0.708. The second-order valence-corrected chi connectivity index (χ2v) is 7.00. The first kappa shape index (κ1) is 18.5. The zero-order valence-corrected chi connectivity index (χ0v) is 15.8. The maximum atomic E-state index is 12.6. The molecule has 2 aromatic rings. The topological polar surface area (TPSA) is 55.4 Å². The lowest BCUT2D eigenvalue weighted by molar-refractivity contribution is -0.124. The van der Waals surface area contributed by atoms with E-state index in [9.17, 15) is 9.59 Å². The van der Waals surface area contributed by atoms with Crippen LogP contribution in [0.5, 0.6) is 0 Å². The first-order chi connectivity index (χ1) is 12.3. The van der Waals surface area contributed by atoms with Gasteiger partial charge in [0, 0.05) is 27.4 Å². The third kappa shape index (κ3) is 3.92. The van der Waals surface area contributed by atoms with E-state index in [1.165, 1.54) is 6.08 Å². The summed E-state index contributed by atoms with van der Waals surface area (Å²) in [5, 5.41) is 3.68. The average Bonchev–Trinajstić information content (AvgIpc) is 2.58. The molecule has 3 rings (SSSR count). The number of nitrogens with one attached hydrogen (secondary N) is 1. The van der Waals surface area contributed by atoms with E-state index >= 15 is 0 Å². The number of halogens is 2. The molecule has 6 heteroatoms. The molecule has 1 unspecified atom stereocenters. The van der Waals surface area contributed by atoms with Gasteiger partial charge in [0.2, 0.25) is 0 Å². The van der Waals surface area contributed by atoms with Crippen molar-refractivity contribution < 1.29 is 14.3 Å². The molecule has 0 spiro atoms. The van der Waals surface area contributed by atoms with Crippen LogP contribution in [0.3, 0.4) is 0 Å². The second-order valence-electron chi connectivity index (χ2n) is 6.15. The number of hydrogen-bond donors (Lipinski definition) is 1. The van der Waals surface area contributed by atoms with Gasteiger partial charge in [0.15, 0.2) is 11.5 Å². The van der Waals surface area contributed by atoms with Gasteiger partial charge in [0.1, 0.15) is 6.10 Å². The molecule has 0 aliphatic carbocycles. The lowest BCUT2D eigenvalue weighted by Gasteiger charge is -2.24. The molecule has 0 bridgehead atoms. The quantitative estimate of drug-likeness (QED) is 0.787. The predicted octanol–water partition coefficient (Wildman–Crippen LogP) is 5.16. The molecular weight excluding hydrogens is 373 g/mol. The lowest BCUT2D eigenvalue weighted by atomic mass is 10.0. The number of hydrogen-bond acceptors (Lipinski definition) is 3. The summed E-state index contributed by atoms with van der Waals surface area (Å²) in [6, 6.07) is 10.6. The van der Waals surface area contributed by atoms with Crippen molar-refractivity contribution in [3.05, 3.63) is 75.0 Å². The first-order valence-electron chi connectivity index (χ1n) is 8.09. The van der Waals surface area contributed by atoms with Crippen LogP contribution < -0.4 is 5.32 Å². The van der Waals surface area contributed by atoms with Gasteiger partial charge in [-0.05, 0) is 43.2 Å². The van der Waals surface area contributed by atoms with Gasteiger partial charge >= 0.3 is 0 Å². The molecule has 1 aliphatic heterocycles. The fourth-order valence-electron chi connectivity index (χ4n) is 2.74. The van der Waals surface area contributed by atoms with Crippen LogP contribution in [0, 0.1) is 13.8 Å². The molecule has 26 heavy (non-hydrogen) atoms. The Balaban J connectivity index is 1.82. The molecule has 4 nitrogen and oxygen atoms in total. The van der Waals surface area contributed by atoms with Crippen LogP contribution >= 0.6 is 23.2 Å². The number of ether oxygens (including phenoxy) is 1. The summed E-state index contributed by atoms with van der Waals surface area (Å²) in [4.78, 5) is 24.7. The van der Waals surface area contributed by atoms with Crippen molar-refractivity contribution >= 4 is 40.6 Å². The van der Waals surface area contributed by atoms with E-state index in [1.807, 2.05) is 26.0 Å². The van der Waals surface area contributed by atoms with Crippen LogP contribution in [0.25, 0.3) is 0 Å². The van der Waals surface area contributed by atoms with Gasteiger partial charge < -0.3 is 10.1 Å². The largest absolute Gasteiger partial charge is 0.479 e. The zero-order valence-electron chi connectivity index (χ0n) is 14.3. The van der Waals surface area contributed by atoms with Crippen molar-refractivity contribution in [2.24, 2.45) is 0 Å². The summed E-state index contributed by atoms with van der Waals surface area (Å²) in [7, 11) is 0. The van der Waals surface area contributed by atoms with E-state index in [0.717, 1.165) is 11.1 Å². The van der Waals surface area contributed by atoms with Crippen molar-refractivity contribution in [3.8, 4) is 0 Å². The summed E-state index contributed by atoms with van der Waals surface area (Å²) < 4.78 is 5.77. The molecule has 0 saturated carbocycles. The molecule has 1 atom stereocenters. The normalized spacial score (nSPS) is 16.7. The highest BCUT2D eigenvalue weighted by atomic mass is 35.5. The molecule has 1 aliphatic rings. The summed E-state index contributed by atoms with van der Waals surface area (Å²) in [5.41, 5.74) is 3.32. The van der Waals surface area contributed by atoms with Crippen LogP contribution in [-0.2, 0) is 14.3 Å². The van der Waals surface area contributed by atoms with Gasteiger partial charge in [-0.25, -0.2) is 0 Å². The first-order valence-corrected chi connectivity index (χ1v) is 8.84. The second kappa shape index (κ2) is 7.52. The van der Waals surface area contributed by atoms with Gasteiger partial charge in [-0.1, -0.05) is 41.4 Å². The number of anilines is 1. The Labute approximate surface area is 161 Å². The minimum Gasteiger partial charge on any atom is -0.479 e. The average molecular weight is 390 g/mol. The van der Waals surface area contributed by atoms with Crippen LogP contribution in [0.15, 0.2) is 48.2 Å². The van der Waals surface area contributed by atoms with Crippen LogP contribution in [0.2, 0.25) is 10.0 Å². The number of benzene rings is 2. The number of aryl methyl sites for hydroxylation is 1. The van der Waals surface area contributed by atoms with Crippen molar-refractivity contribution in [1.82, 2.24) is 0 Å². The van der Waals surface area contributed by atoms with E-state index < -0.39 is 12.0 Å². The maximum absolute atomic E-state index is 12.6. The molecule has 1 N–H and O–H groups in total. The van der Waals surface area contributed by atoms with Crippen molar-refractivity contribution in [1.29, 1.82) is 0 Å². The van der Waals surface area contributed by atoms with Crippen LogP contribution in [0.1, 0.15) is 29.2 Å². The van der Waals surface area contributed by atoms with Crippen LogP contribution in [0.4, 0.5) is 5.69 Å². The number of rotatable bonds is 3. The third-order valence-corrected chi connectivity index (χ3v) is 4.90. The monoisotopic (exact) mass is 389 g/mol. The fourth-order valence-corrected chi connectivity index (χ4v) is 3.27. The molecule has 0 radical (unpaired) electrons. The Morgan fingerprint density at radius 3 is 2.69 bits per heavy atom. The van der Waals surface area contributed by atoms with E-state index in [4.69, 9.17) is 27.9 Å². The Morgan fingerprint density at radius 2 is 1.96 bits per heavy atom. The molecule has 2 aromatic carbocycles. The van der Waals surface area contributed by atoms with E-state index in [-0.39, 0.29) is 18.0 Å². The van der Waals surface area contributed by atoms with Gasteiger partial charge in [-0.3, -0.25) is 9.59 Å². The SMILES string of the molecule is Cc1cccc(NC(=O)C2=CC(=O)CC(c3ccc(Cl)cc3Cl)O2)c1C. The predicted molar refractivity (Wildman–Crippen MR) is 103 cm³/mol. The van der Waals surface area contributed by atoms with Gasteiger partial charge in [-0.2, -0.15) is 0 Å². The van der Waals surface area contributed by atoms with E-state index in [1.54, 1.807) is 24.3 Å². The van der Waals surface area contributed by atoms with Crippen molar-refractivity contribution in [2.75, 3.05) is 5.32 Å². The van der Waals surface area contributed by atoms with E-state index in [0.29, 0.717) is 21.3 Å². The summed E-state index contributed by atoms with van der Waals surface area (Å²) in [6.45, 7) is 3.88. The Hall–Kier alpha value is -2.30.